The number of ether oxygens (including phenoxy) is 1. The van der Waals surface area contributed by atoms with E-state index in [1.807, 2.05) is 36.4 Å². The maximum absolute atomic E-state index is 12.5. The number of pyridine rings is 1. The average molecular weight is 495 g/mol. The highest BCUT2D eigenvalue weighted by Gasteiger charge is 2.20. The number of para-hydroxylation sites is 1. The van der Waals surface area contributed by atoms with Crippen LogP contribution in [0.1, 0.15) is 23.2 Å². The van der Waals surface area contributed by atoms with E-state index < -0.39 is 0 Å². The molecule has 4 aromatic rings. The first-order chi connectivity index (χ1) is 18.2. The van der Waals surface area contributed by atoms with Crippen LogP contribution < -0.4 is 15.0 Å². The minimum absolute atomic E-state index is 0.0564. The normalized spacial score (nSPS) is 14.0. The molecule has 1 amide bonds. The molecular weight excluding hydrogens is 460 g/mol. The quantitative estimate of drug-likeness (QED) is 0.323. The molecule has 1 saturated heterocycles. The summed E-state index contributed by atoms with van der Waals surface area (Å²) in [5, 5.41) is 4.02. The molecule has 0 spiro atoms. The molecule has 1 aromatic heterocycles. The van der Waals surface area contributed by atoms with E-state index in [4.69, 9.17) is 4.74 Å². The Hall–Kier alpha value is -3.90. The maximum atomic E-state index is 12.5. The van der Waals surface area contributed by atoms with Crippen LogP contribution in [0.25, 0.3) is 22.0 Å². The van der Waals surface area contributed by atoms with Crippen molar-refractivity contribution in [1.82, 2.24) is 15.2 Å². The van der Waals surface area contributed by atoms with Crippen molar-refractivity contribution < 1.29 is 9.53 Å². The minimum Gasteiger partial charge on any atom is -0.495 e. The van der Waals surface area contributed by atoms with E-state index in [1.54, 1.807) is 13.3 Å². The van der Waals surface area contributed by atoms with Gasteiger partial charge in [-0.05, 0) is 54.8 Å². The number of aromatic nitrogens is 1. The topological polar surface area (TPSA) is 57.7 Å². The third kappa shape index (κ3) is 6.09. The monoisotopic (exact) mass is 494 g/mol. The van der Waals surface area contributed by atoms with Gasteiger partial charge in [-0.2, -0.15) is 0 Å². The van der Waals surface area contributed by atoms with Crippen LogP contribution in [0.4, 0.5) is 5.69 Å². The van der Waals surface area contributed by atoms with Gasteiger partial charge in [0.25, 0.3) is 5.91 Å². The van der Waals surface area contributed by atoms with Crippen molar-refractivity contribution in [2.45, 2.75) is 12.8 Å². The summed E-state index contributed by atoms with van der Waals surface area (Å²) in [5.41, 5.74) is 5.04. The highest BCUT2D eigenvalue weighted by atomic mass is 16.5. The van der Waals surface area contributed by atoms with E-state index in [1.165, 1.54) is 11.1 Å². The van der Waals surface area contributed by atoms with E-state index in [2.05, 4.69) is 62.6 Å². The van der Waals surface area contributed by atoms with Gasteiger partial charge in [0.15, 0.2) is 0 Å². The molecule has 0 unspecified atom stereocenters. The first-order valence-corrected chi connectivity index (χ1v) is 13.0. The fourth-order valence-electron chi connectivity index (χ4n) is 4.92. The van der Waals surface area contributed by atoms with Gasteiger partial charge in [0.05, 0.1) is 23.9 Å². The molecule has 3 aromatic carbocycles. The molecule has 37 heavy (non-hydrogen) atoms. The summed E-state index contributed by atoms with van der Waals surface area (Å²) in [5.74, 6) is 0.867. The lowest BCUT2D eigenvalue weighted by atomic mass is 10.0. The number of fused-ring (bicyclic) bond motifs is 1. The smallest absolute Gasteiger partial charge is 0.252 e. The van der Waals surface area contributed by atoms with Gasteiger partial charge in [-0.15, -0.1) is 0 Å². The molecule has 5 rings (SSSR count). The summed E-state index contributed by atoms with van der Waals surface area (Å²) in [6.45, 7) is 5.73. The van der Waals surface area contributed by atoms with Gasteiger partial charge in [0.2, 0.25) is 0 Å². The van der Waals surface area contributed by atoms with Gasteiger partial charge in [-0.25, -0.2) is 0 Å². The van der Waals surface area contributed by atoms with Crippen LogP contribution in [0.3, 0.4) is 0 Å². The number of piperazine rings is 1. The van der Waals surface area contributed by atoms with Crippen molar-refractivity contribution in [2.75, 3.05) is 51.3 Å². The Morgan fingerprint density at radius 3 is 2.49 bits per heavy atom. The first kappa shape index (κ1) is 24.8. The number of unbranched alkanes of at least 4 members (excludes halogenated alkanes) is 1. The molecule has 1 aliphatic heterocycles. The highest BCUT2D eigenvalue weighted by Crippen LogP contribution is 2.33. The number of hydrogen-bond acceptors (Lipinski definition) is 5. The highest BCUT2D eigenvalue weighted by molar-refractivity contribution is 5.97. The molecule has 2 heterocycles. The fourth-order valence-corrected chi connectivity index (χ4v) is 4.92. The van der Waals surface area contributed by atoms with Crippen LogP contribution in [0.5, 0.6) is 5.75 Å². The summed E-state index contributed by atoms with van der Waals surface area (Å²) in [6.07, 6.45) is 3.68. The average Bonchev–Trinajstić information content (AvgIpc) is 2.97. The molecule has 6 nitrogen and oxygen atoms in total. The van der Waals surface area contributed by atoms with E-state index in [9.17, 15) is 4.79 Å². The lowest BCUT2D eigenvalue weighted by molar-refractivity contribution is 0.0952. The SMILES string of the molecule is COc1cc(-c2ccccc2)ccc1N1CCN(CCCCNC(=O)c2cnc3ccccc3c2)CC1. The molecule has 1 fully saturated rings. The molecule has 0 bridgehead atoms. The Bertz CT molecular complexity index is 1330. The second-order valence-corrected chi connectivity index (χ2v) is 9.46. The number of carbonyl (C=O) groups is 1. The van der Waals surface area contributed by atoms with Crippen LogP contribution in [-0.4, -0.2) is 62.2 Å². The van der Waals surface area contributed by atoms with Gasteiger partial charge >= 0.3 is 0 Å². The standard InChI is InChI=1S/C31H34N4O2/c1-37-30-22-25(24-9-3-2-4-10-24)13-14-29(30)35-19-17-34(18-20-35)16-8-7-15-32-31(36)27-21-26-11-5-6-12-28(26)33-23-27/h2-6,9-14,21-23H,7-8,15-20H2,1H3,(H,32,36). The zero-order valence-electron chi connectivity index (χ0n) is 21.4. The van der Waals surface area contributed by atoms with Gasteiger partial charge in [-0.3, -0.25) is 14.7 Å². The Balaban J connectivity index is 1.05. The number of rotatable bonds is 9. The maximum Gasteiger partial charge on any atom is 0.252 e. The Morgan fingerprint density at radius 1 is 0.892 bits per heavy atom. The molecule has 1 aliphatic rings. The van der Waals surface area contributed by atoms with Gasteiger partial charge in [-0.1, -0.05) is 54.6 Å². The van der Waals surface area contributed by atoms with Crippen LogP contribution in [0, 0.1) is 0 Å². The molecular formula is C31H34N4O2. The predicted molar refractivity (Wildman–Crippen MR) is 150 cm³/mol. The van der Waals surface area contributed by atoms with Crippen molar-refractivity contribution in [1.29, 1.82) is 0 Å². The summed E-state index contributed by atoms with van der Waals surface area (Å²) in [7, 11) is 1.75. The number of benzene rings is 3. The van der Waals surface area contributed by atoms with E-state index in [0.29, 0.717) is 12.1 Å². The molecule has 0 radical (unpaired) electrons. The molecule has 0 atom stereocenters. The first-order valence-electron chi connectivity index (χ1n) is 13.0. The molecule has 0 saturated carbocycles. The molecule has 1 N–H and O–H groups in total. The Morgan fingerprint density at radius 2 is 1.68 bits per heavy atom. The fraction of sp³-hybridized carbons (Fsp3) is 0.290. The van der Waals surface area contributed by atoms with Gasteiger partial charge in [0.1, 0.15) is 5.75 Å². The molecule has 6 heteroatoms. The second kappa shape index (κ2) is 11.9. The number of hydrogen-bond donors (Lipinski definition) is 1. The number of amides is 1. The van der Waals surface area contributed by atoms with Crippen molar-refractivity contribution in [3.05, 3.63) is 90.6 Å². The lowest BCUT2D eigenvalue weighted by Crippen LogP contribution is -2.46. The van der Waals surface area contributed by atoms with Crippen molar-refractivity contribution in [3.63, 3.8) is 0 Å². The second-order valence-electron chi connectivity index (χ2n) is 9.46. The van der Waals surface area contributed by atoms with E-state index in [0.717, 1.165) is 67.9 Å². The number of nitrogens with one attached hydrogen (secondary N) is 1. The summed E-state index contributed by atoms with van der Waals surface area (Å²) >= 11 is 0. The van der Waals surface area contributed by atoms with Gasteiger partial charge < -0.3 is 15.0 Å². The number of carbonyl (C=O) groups excluding carboxylic acids is 1. The van der Waals surface area contributed by atoms with Crippen molar-refractivity contribution >= 4 is 22.5 Å². The van der Waals surface area contributed by atoms with Gasteiger partial charge in [0, 0.05) is 44.3 Å². The number of anilines is 1. The summed E-state index contributed by atoms with van der Waals surface area (Å²) in [4.78, 5) is 21.8. The predicted octanol–water partition coefficient (Wildman–Crippen LogP) is 5.24. The van der Waals surface area contributed by atoms with Crippen LogP contribution in [0.15, 0.2) is 85.1 Å². The zero-order valence-corrected chi connectivity index (χ0v) is 21.4. The third-order valence-electron chi connectivity index (χ3n) is 7.04. The Labute approximate surface area is 218 Å². The van der Waals surface area contributed by atoms with E-state index >= 15 is 0 Å². The lowest BCUT2D eigenvalue weighted by Gasteiger charge is -2.36. The van der Waals surface area contributed by atoms with Crippen LogP contribution in [-0.2, 0) is 0 Å². The summed E-state index contributed by atoms with van der Waals surface area (Å²) < 4.78 is 5.76. The van der Waals surface area contributed by atoms with Crippen molar-refractivity contribution in [3.8, 4) is 16.9 Å². The number of methoxy groups -OCH3 is 1. The summed E-state index contributed by atoms with van der Waals surface area (Å²) in [6, 6.07) is 26.7. The third-order valence-corrected chi connectivity index (χ3v) is 7.04. The Kier molecular flexibility index (Phi) is 7.96. The zero-order chi connectivity index (χ0) is 25.5. The van der Waals surface area contributed by atoms with Crippen LogP contribution in [0.2, 0.25) is 0 Å². The largest absolute Gasteiger partial charge is 0.495 e. The van der Waals surface area contributed by atoms with E-state index in [-0.39, 0.29) is 5.91 Å². The van der Waals surface area contributed by atoms with Crippen molar-refractivity contribution in [2.24, 2.45) is 0 Å². The molecule has 0 aliphatic carbocycles. The van der Waals surface area contributed by atoms with Crippen LogP contribution >= 0.6 is 0 Å². The minimum atomic E-state index is -0.0564. The molecule has 190 valence electrons. The number of nitrogens with zero attached hydrogens (tertiary/aromatic N) is 3.